The maximum atomic E-state index is 12.0. The number of carbonyl (C=O) groups is 2. The molecular weight excluding hydrogens is 370 g/mol. The highest BCUT2D eigenvalue weighted by atomic mass is 32.2. The van der Waals surface area contributed by atoms with Crippen molar-refractivity contribution in [2.45, 2.75) is 18.2 Å². The average molecular weight is 391 g/mol. The zero-order chi connectivity index (χ0) is 20.0. The third-order valence-corrected chi connectivity index (χ3v) is 4.69. The van der Waals surface area contributed by atoms with Crippen molar-refractivity contribution in [1.82, 2.24) is 5.32 Å². The molecule has 9 heteroatoms. The quantitative estimate of drug-likeness (QED) is 0.632. The molecule has 4 N–H and O–H groups in total. The van der Waals surface area contributed by atoms with Crippen molar-refractivity contribution in [2.75, 3.05) is 19.0 Å². The average Bonchev–Trinajstić information content (AvgIpc) is 2.61. The van der Waals surface area contributed by atoms with E-state index in [0.29, 0.717) is 17.9 Å². The number of hydrogen-bond donors (Lipinski definition) is 3. The summed E-state index contributed by atoms with van der Waals surface area (Å²) in [6.07, 6.45) is 0.428. The molecule has 0 heterocycles. The largest absolute Gasteiger partial charge is 0.495 e. The van der Waals surface area contributed by atoms with Crippen molar-refractivity contribution in [1.29, 1.82) is 0 Å². The number of hydrogen-bond acceptors (Lipinski definition) is 5. The van der Waals surface area contributed by atoms with Crippen molar-refractivity contribution in [3.63, 3.8) is 0 Å². The number of nitrogens with one attached hydrogen (secondary N) is 2. The lowest BCUT2D eigenvalue weighted by atomic mass is 10.1. The normalized spacial score (nSPS) is 10.9. The van der Waals surface area contributed by atoms with Gasteiger partial charge in [-0.15, -0.1) is 0 Å². The lowest BCUT2D eigenvalue weighted by Gasteiger charge is -2.11. The topological polar surface area (TPSA) is 128 Å². The van der Waals surface area contributed by atoms with Gasteiger partial charge in [0, 0.05) is 6.54 Å². The number of sulfonamides is 1. The van der Waals surface area contributed by atoms with Crippen LogP contribution in [0.25, 0.3) is 0 Å². The fraction of sp³-hybridized carbons (Fsp3) is 0.222. The van der Waals surface area contributed by atoms with Gasteiger partial charge in [-0.2, -0.15) is 0 Å². The van der Waals surface area contributed by atoms with Gasteiger partial charge in [-0.25, -0.2) is 13.6 Å². The Bertz CT molecular complexity index is 940. The first-order valence-corrected chi connectivity index (χ1v) is 9.61. The lowest BCUT2D eigenvalue weighted by Crippen LogP contribution is -2.36. The fourth-order valence-electron chi connectivity index (χ4n) is 2.35. The second-order valence-electron chi connectivity index (χ2n) is 5.85. The highest BCUT2D eigenvalue weighted by molar-refractivity contribution is 7.89. The van der Waals surface area contributed by atoms with Gasteiger partial charge in [0.1, 0.15) is 5.75 Å². The number of amides is 2. The van der Waals surface area contributed by atoms with Crippen LogP contribution in [0.15, 0.2) is 47.4 Å². The number of primary sulfonamides is 1. The molecule has 0 aliphatic carbocycles. The Hall–Kier alpha value is -2.91. The number of anilines is 1. The van der Waals surface area contributed by atoms with Gasteiger partial charge >= 0.3 is 11.8 Å². The van der Waals surface area contributed by atoms with Gasteiger partial charge in [0.25, 0.3) is 0 Å². The van der Waals surface area contributed by atoms with Crippen molar-refractivity contribution < 1.29 is 22.7 Å². The molecular formula is C18H21N3O5S. The maximum Gasteiger partial charge on any atom is 0.313 e. The summed E-state index contributed by atoms with van der Waals surface area (Å²) in [7, 11) is -2.26. The van der Waals surface area contributed by atoms with Crippen LogP contribution in [0.1, 0.15) is 11.1 Å². The zero-order valence-electron chi connectivity index (χ0n) is 15.0. The van der Waals surface area contributed by atoms with E-state index in [2.05, 4.69) is 10.6 Å². The summed E-state index contributed by atoms with van der Waals surface area (Å²) in [5, 5.41) is 10.1. The summed E-state index contributed by atoms with van der Waals surface area (Å²) in [5.41, 5.74) is 2.12. The molecule has 2 amide bonds. The Morgan fingerprint density at radius 2 is 1.74 bits per heavy atom. The minimum Gasteiger partial charge on any atom is -0.495 e. The van der Waals surface area contributed by atoms with Gasteiger partial charge in [-0.3, -0.25) is 9.59 Å². The van der Waals surface area contributed by atoms with Gasteiger partial charge in [-0.05, 0) is 48.7 Å². The molecule has 0 unspecified atom stereocenters. The van der Waals surface area contributed by atoms with Crippen LogP contribution >= 0.6 is 0 Å². The molecule has 0 aliphatic heterocycles. The molecule has 0 saturated carbocycles. The van der Waals surface area contributed by atoms with Crippen LogP contribution in [0, 0.1) is 6.92 Å². The first-order chi connectivity index (χ1) is 12.7. The number of nitrogens with two attached hydrogens (primary N) is 1. The molecule has 0 spiro atoms. The van der Waals surface area contributed by atoms with Crippen LogP contribution < -0.4 is 20.5 Å². The molecule has 2 aromatic rings. The summed E-state index contributed by atoms with van der Waals surface area (Å²) >= 11 is 0. The molecule has 0 aromatic heterocycles. The third kappa shape index (κ3) is 5.80. The number of methoxy groups -OCH3 is 1. The predicted molar refractivity (Wildman–Crippen MR) is 101 cm³/mol. The van der Waals surface area contributed by atoms with Gasteiger partial charge in [0.05, 0.1) is 17.7 Å². The smallest absolute Gasteiger partial charge is 0.313 e. The number of benzene rings is 2. The fourth-order valence-corrected chi connectivity index (χ4v) is 2.86. The van der Waals surface area contributed by atoms with Crippen LogP contribution in [0.3, 0.4) is 0 Å². The summed E-state index contributed by atoms with van der Waals surface area (Å²) in [6, 6.07) is 11.2. The first kappa shape index (κ1) is 20.4. The monoisotopic (exact) mass is 391 g/mol. The molecule has 2 rings (SSSR count). The molecule has 144 valence electrons. The summed E-state index contributed by atoms with van der Waals surface area (Å²) in [5.74, 6) is -1.13. The Morgan fingerprint density at radius 3 is 2.33 bits per heavy atom. The van der Waals surface area contributed by atoms with Crippen molar-refractivity contribution >= 4 is 27.5 Å². The van der Waals surface area contributed by atoms with Crippen LogP contribution in [0.5, 0.6) is 5.75 Å². The Morgan fingerprint density at radius 1 is 1.07 bits per heavy atom. The standard InChI is InChI=1S/C18H21N3O5S/c1-12-3-8-16(26-2)15(11-12)21-18(23)17(22)20-10-9-13-4-6-14(7-5-13)27(19,24)25/h3-8,11H,9-10H2,1-2H3,(H,20,22)(H,21,23)(H2,19,24,25). The predicted octanol–water partition coefficient (Wildman–Crippen LogP) is 0.948. The molecule has 0 radical (unpaired) electrons. The van der Waals surface area contributed by atoms with E-state index in [1.807, 2.05) is 13.0 Å². The number of rotatable bonds is 6. The van der Waals surface area contributed by atoms with E-state index in [1.54, 1.807) is 24.3 Å². The van der Waals surface area contributed by atoms with Gasteiger partial charge in [0.2, 0.25) is 10.0 Å². The molecule has 0 bridgehead atoms. The Balaban J connectivity index is 1.88. The van der Waals surface area contributed by atoms with E-state index in [1.165, 1.54) is 19.2 Å². The minimum atomic E-state index is -3.74. The van der Waals surface area contributed by atoms with E-state index < -0.39 is 21.8 Å². The molecule has 8 nitrogen and oxygen atoms in total. The zero-order valence-corrected chi connectivity index (χ0v) is 15.8. The van der Waals surface area contributed by atoms with Gasteiger partial charge in [0.15, 0.2) is 0 Å². The Kier molecular flexibility index (Phi) is 6.54. The molecule has 0 fully saturated rings. The van der Waals surface area contributed by atoms with Crippen molar-refractivity contribution in [2.24, 2.45) is 5.14 Å². The molecule has 27 heavy (non-hydrogen) atoms. The number of aryl methyl sites for hydroxylation is 1. The lowest BCUT2D eigenvalue weighted by molar-refractivity contribution is -0.136. The Labute approximate surface area is 157 Å². The molecule has 0 atom stereocenters. The second kappa shape index (κ2) is 8.65. The number of ether oxygens (including phenoxy) is 1. The maximum absolute atomic E-state index is 12.0. The number of carbonyl (C=O) groups excluding carboxylic acids is 2. The van der Waals surface area contributed by atoms with Crippen molar-refractivity contribution in [3.05, 3.63) is 53.6 Å². The molecule has 0 aliphatic rings. The summed E-state index contributed by atoms with van der Waals surface area (Å²) < 4.78 is 27.6. The van der Waals surface area contributed by atoms with Gasteiger partial charge in [-0.1, -0.05) is 18.2 Å². The summed E-state index contributed by atoms with van der Waals surface area (Å²) in [4.78, 5) is 24.0. The van der Waals surface area contributed by atoms with Crippen LogP contribution in [0.2, 0.25) is 0 Å². The van der Waals surface area contributed by atoms with Crippen LogP contribution in [-0.2, 0) is 26.0 Å². The first-order valence-electron chi connectivity index (χ1n) is 8.06. The second-order valence-corrected chi connectivity index (χ2v) is 7.41. The van der Waals surface area contributed by atoms with Crippen molar-refractivity contribution in [3.8, 4) is 5.75 Å². The molecule has 0 saturated heterocycles. The highest BCUT2D eigenvalue weighted by Gasteiger charge is 2.15. The van der Waals surface area contributed by atoms with E-state index in [0.717, 1.165) is 11.1 Å². The van der Waals surface area contributed by atoms with Crippen LogP contribution in [-0.4, -0.2) is 33.9 Å². The van der Waals surface area contributed by atoms with E-state index in [-0.39, 0.29) is 11.4 Å². The highest BCUT2D eigenvalue weighted by Crippen LogP contribution is 2.24. The molecule has 2 aromatic carbocycles. The van der Waals surface area contributed by atoms with E-state index in [4.69, 9.17) is 9.88 Å². The van der Waals surface area contributed by atoms with Gasteiger partial charge < -0.3 is 15.4 Å². The summed E-state index contributed by atoms with van der Waals surface area (Å²) in [6.45, 7) is 2.07. The SMILES string of the molecule is COc1ccc(C)cc1NC(=O)C(=O)NCCc1ccc(S(N)(=O)=O)cc1. The van der Waals surface area contributed by atoms with E-state index >= 15 is 0 Å². The van der Waals surface area contributed by atoms with Crippen LogP contribution in [0.4, 0.5) is 5.69 Å². The third-order valence-electron chi connectivity index (χ3n) is 3.76. The minimum absolute atomic E-state index is 0.0155. The van der Waals surface area contributed by atoms with E-state index in [9.17, 15) is 18.0 Å².